The molecule has 0 amide bonds. The predicted molar refractivity (Wildman–Crippen MR) is 55.2 cm³/mol. The topological polar surface area (TPSA) is 67.2 Å². The summed E-state index contributed by atoms with van der Waals surface area (Å²) >= 11 is 0. The van der Waals surface area contributed by atoms with Crippen LogP contribution in [0.4, 0.5) is 0 Å². The summed E-state index contributed by atoms with van der Waals surface area (Å²) in [7, 11) is 0. The summed E-state index contributed by atoms with van der Waals surface area (Å²) < 4.78 is 1.44. The zero-order valence-electron chi connectivity index (χ0n) is 8.57. The van der Waals surface area contributed by atoms with Gasteiger partial charge in [0, 0.05) is 18.2 Å². The summed E-state index contributed by atoms with van der Waals surface area (Å²) in [4.78, 5) is 25.5. The molecule has 15 heavy (non-hydrogen) atoms. The Kier molecular flexibility index (Phi) is 2.15. The number of Topliss-reactive ketones (excluding diaryl/α,β-unsaturated/α-hetero) is 1. The van der Waals surface area contributed by atoms with Gasteiger partial charge in [0.05, 0.1) is 0 Å². The fraction of sp³-hybridized carbons (Fsp3) is 0.300. The molecule has 0 saturated heterocycles. The minimum Gasteiger partial charge on any atom is -0.310 e. The Morgan fingerprint density at radius 2 is 2.33 bits per heavy atom. The van der Waals surface area contributed by atoms with Gasteiger partial charge >= 0.3 is 0 Å². The quantitative estimate of drug-likeness (QED) is 0.741. The van der Waals surface area contributed by atoms with E-state index in [0.717, 1.165) is 0 Å². The second kappa shape index (κ2) is 3.34. The molecule has 0 aromatic carbocycles. The molecule has 0 atom stereocenters. The summed E-state index contributed by atoms with van der Waals surface area (Å²) in [6.07, 6.45) is 3.34. The van der Waals surface area contributed by atoms with Gasteiger partial charge in [-0.25, -0.2) is 4.52 Å². The number of H-pyrrole nitrogens is 1. The van der Waals surface area contributed by atoms with Gasteiger partial charge in [-0.05, 0) is 12.5 Å². The van der Waals surface area contributed by atoms with Crippen LogP contribution in [0.5, 0.6) is 0 Å². The summed E-state index contributed by atoms with van der Waals surface area (Å²) in [6, 6.07) is 0. The summed E-state index contributed by atoms with van der Waals surface area (Å²) in [6.45, 7) is 3.55. The molecule has 0 aliphatic rings. The maximum absolute atomic E-state index is 11.6. The average Bonchev–Trinajstić information content (AvgIpc) is 2.56. The smallest absolute Gasteiger partial charge is 0.275 e. The van der Waals surface area contributed by atoms with E-state index >= 15 is 0 Å². The molecule has 0 radical (unpaired) electrons. The number of carbonyl (C=O) groups excluding carboxylic acids is 1. The lowest BCUT2D eigenvalue weighted by molar-refractivity contribution is 0.0987. The molecule has 2 heterocycles. The fourth-order valence-corrected chi connectivity index (χ4v) is 1.64. The van der Waals surface area contributed by atoms with E-state index in [1.807, 2.05) is 0 Å². The molecular weight excluding hydrogens is 194 g/mol. The first-order chi connectivity index (χ1) is 7.15. The van der Waals surface area contributed by atoms with E-state index in [-0.39, 0.29) is 11.3 Å². The largest absolute Gasteiger partial charge is 0.310 e. The maximum Gasteiger partial charge on any atom is 0.275 e. The third-order valence-corrected chi connectivity index (χ3v) is 2.45. The zero-order valence-corrected chi connectivity index (χ0v) is 8.57. The van der Waals surface area contributed by atoms with Gasteiger partial charge in [-0.15, -0.1) is 0 Å². The maximum atomic E-state index is 11.6. The predicted octanol–water partition coefficient (Wildman–Crippen LogP) is 0.924. The monoisotopic (exact) mass is 205 g/mol. The Morgan fingerprint density at radius 3 is 2.93 bits per heavy atom. The van der Waals surface area contributed by atoms with Crippen molar-refractivity contribution in [3.05, 3.63) is 34.0 Å². The molecule has 1 N–H and O–H groups in total. The van der Waals surface area contributed by atoms with Crippen molar-refractivity contribution < 1.29 is 4.79 Å². The Hall–Kier alpha value is -1.91. The van der Waals surface area contributed by atoms with Crippen molar-refractivity contribution in [3.63, 3.8) is 0 Å². The summed E-state index contributed by atoms with van der Waals surface area (Å²) in [5, 5.41) is 3.95. The lowest BCUT2D eigenvalue weighted by Gasteiger charge is -1.93. The van der Waals surface area contributed by atoms with Crippen LogP contribution in [0.15, 0.2) is 17.3 Å². The molecule has 5 nitrogen and oxygen atoms in total. The molecule has 0 fully saturated rings. The molecule has 2 aromatic heterocycles. The number of ketones is 1. The molecule has 0 bridgehead atoms. The average molecular weight is 205 g/mol. The lowest BCUT2D eigenvalue weighted by Crippen LogP contribution is -2.10. The number of nitrogens with one attached hydrogen (secondary N) is 1. The van der Waals surface area contributed by atoms with E-state index in [4.69, 9.17) is 0 Å². The molecular formula is C10H11N3O2. The number of rotatable bonds is 2. The van der Waals surface area contributed by atoms with Gasteiger partial charge in [-0.3, -0.25) is 9.59 Å². The van der Waals surface area contributed by atoms with Crippen LogP contribution in [0.1, 0.15) is 29.3 Å². The molecule has 0 saturated carbocycles. The third kappa shape index (κ3) is 1.36. The molecule has 2 aromatic rings. The zero-order chi connectivity index (χ0) is 11.0. The second-order valence-electron chi connectivity index (χ2n) is 3.36. The van der Waals surface area contributed by atoms with Crippen LogP contribution in [-0.2, 0) is 0 Å². The molecule has 0 aliphatic carbocycles. The van der Waals surface area contributed by atoms with Crippen molar-refractivity contribution in [1.29, 1.82) is 0 Å². The molecule has 2 rings (SSSR count). The highest BCUT2D eigenvalue weighted by Crippen LogP contribution is 2.14. The van der Waals surface area contributed by atoms with Gasteiger partial charge in [0.15, 0.2) is 5.78 Å². The molecule has 5 heteroatoms. The molecule has 0 aliphatic heterocycles. The van der Waals surface area contributed by atoms with Gasteiger partial charge in [0.2, 0.25) is 0 Å². The van der Waals surface area contributed by atoms with E-state index in [2.05, 4.69) is 10.1 Å². The third-order valence-electron chi connectivity index (χ3n) is 2.45. The minimum absolute atomic E-state index is 0.0254. The SMILES string of the molecule is CCC(=O)c1cn2nc[nH]c(=O)c2c1C. The number of carbonyl (C=O) groups is 1. The van der Waals surface area contributed by atoms with E-state index in [1.54, 1.807) is 20.0 Å². The Labute approximate surface area is 85.7 Å². The number of aromatic nitrogens is 3. The first kappa shape index (κ1) is 9.64. The number of fused-ring (bicyclic) bond motifs is 1. The number of hydrogen-bond donors (Lipinski definition) is 1. The van der Waals surface area contributed by atoms with E-state index in [9.17, 15) is 9.59 Å². The molecule has 0 unspecified atom stereocenters. The van der Waals surface area contributed by atoms with Crippen molar-refractivity contribution in [1.82, 2.24) is 14.6 Å². The Morgan fingerprint density at radius 1 is 1.60 bits per heavy atom. The summed E-state index contributed by atoms with van der Waals surface area (Å²) in [5.41, 5.74) is 1.48. The fourth-order valence-electron chi connectivity index (χ4n) is 1.64. The second-order valence-corrected chi connectivity index (χ2v) is 3.36. The highest BCUT2D eigenvalue weighted by atomic mass is 16.1. The number of aryl methyl sites for hydroxylation is 1. The number of nitrogens with zero attached hydrogens (tertiary/aromatic N) is 2. The molecule has 0 spiro atoms. The normalized spacial score (nSPS) is 10.8. The van der Waals surface area contributed by atoms with Gasteiger partial charge in [-0.1, -0.05) is 6.92 Å². The van der Waals surface area contributed by atoms with Crippen molar-refractivity contribution in [3.8, 4) is 0 Å². The van der Waals surface area contributed by atoms with Crippen molar-refractivity contribution in [2.75, 3.05) is 0 Å². The van der Waals surface area contributed by atoms with E-state index in [1.165, 1.54) is 10.8 Å². The first-order valence-corrected chi connectivity index (χ1v) is 4.74. The van der Waals surface area contributed by atoms with Gasteiger partial charge in [0.1, 0.15) is 11.8 Å². The minimum atomic E-state index is -0.224. The van der Waals surface area contributed by atoms with Gasteiger partial charge < -0.3 is 4.98 Å². The van der Waals surface area contributed by atoms with Crippen LogP contribution in [0.25, 0.3) is 5.52 Å². The molecule has 78 valence electrons. The summed E-state index contributed by atoms with van der Waals surface area (Å²) in [5.74, 6) is 0.0254. The number of hydrogen-bond acceptors (Lipinski definition) is 3. The van der Waals surface area contributed by atoms with Gasteiger partial charge in [0.25, 0.3) is 5.56 Å². The Balaban J connectivity index is 2.81. The standard InChI is InChI=1S/C10H11N3O2/c1-3-8(14)7-4-13-9(6(7)2)10(15)11-5-12-13/h4-5H,3H2,1-2H3,(H,11,12,15). The van der Waals surface area contributed by atoms with Crippen molar-refractivity contribution >= 4 is 11.3 Å². The lowest BCUT2D eigenvalue weighted by atomic mass is 10.1. The van der Waals surface area contributed by atoms with E-state index in [0.29, 0.717) is 23.1 Å². The van der Waals surface area contributed by atoms with Crippen molar-refractivity contribution in [2.45, 2.75) is 20.3 Å². The highest BCUT2D eigenvalue weighted by molar-refractivity contribution is 5.99. The van der Waals surface area contributed by atoms with Crippen molar-refractivity contribution in [2.24, 2.45) is 0 Å². The van der Waals surface area contributed by atoms with Gasteiger partial charge in [-0.2, -0.15) is 5.10 Å². The number of aromatic amines is 1. The first-order valence-electron chi connectivity index (χ1n) is 4.74. The van der Waals surface area contributed by atoms with Crippen LogP contribution in [-0.4, -0.2) is 20.4 Å². The van der Waals surface area contributed by atoms with Crippen LogP contribution in [0.3, 0.4) is 0 Å². The van der Waals surface area contributed by atoms with Crippen LogP contribution >= 0.6 is 0 Å². The van der Waals surface area contributed by atoms with Crippen LogP contribution in [0.2, 0.25) is 0 Å². The van der Waals surface area contributed by atoms with Crippen LogP contribution < -0.4 is 5.56 Å². The highest BCUT2D eigenvalue weighted by Gasteiger charge is 2.14. The van der Waals surface area contributed by atoms with E-state index < -0.39 is 0 Å². The van der Waals surface area contributed by atoms with Crippen LogP contribution in [0, 0.1) is 6.92 Å². The Bertz CT molecular complexity index is 580.